The zero-order valence-corrected chi connectivity index (χ0v) is 13.1. The number of thioether (sulfide) groups is 1. The first-order valence-corrected chi connectivity index (χ1v) is 7.81. The van der Waals surface area contributed by atoms with Crippen molar-refractivity contribution < 1.29 is 15.3 Å². The Morgan fingerprint density at radius 1 is 0.957 bits per heavy atom. The Labute approximate surface area is 137 Å². The Kier molecular flexibility index (Phi) is 5.76. The molecular formula is C16H15N3O3S. The standard InChI is InChI=1S/C16H15N3O3S/c1-23-16(17-9-11-4-2-3-5-14(11)21)19-18-10-12-6-7-13(20)8-15(12)22/h2-10,20-22H,1H3/b17-9+,18-10+,19-16+. The summed E-state index contributed by atoms with van der Waals surface area (Å²) in [5, 5.41) is 36.7. The number of para-hydroxylation sites is 1. The first-order chi connectivity index (χ1) is 11.1. The number of hydrogen-bond donors (Lipinski definition) is 3. The normalized spacial score (nSPS) is 12.3. The van der Waals surface area contributed by atoms with Crippen LogP contribution in [0, 0.1) is 0 Å². The molecule has 118 valence electrons. The minimum absolute atomic E-state index is 0.0276. The lowest BCUT2D eigenvalue weighted by Crippen LogP contribution is -1.89. The van der Waals surface area contributed by atoms with Crippen LogP contribution in [0.1, 0.15) is 11.1 Å². The summed E-state index contributed by atoms with van der Waals surface area (Å²) in [5.41, 5.74) is 1.01. The molecule has 0 bridgehead atoms. The summed E-state index contributed by atoms with van der Waals surface area (Å²) in [7, 11) is 0. The van der Waals surface area contributed by atoms with Gasteiger partial charge in [0, 0.05) is 23.4 Å². The van der Waals surface area contributed by atoms with Gasteiger partial charge in [-0.05, 0) is 30.5 Å². The van der Waals surface area contributed by atoms with Gasteiger partial charge >= 0.3 is 0 Å². The lowest BCUT2D eigenvalue weighted by atomic mass is 10.2. The molecule has 2 aromatic carbocycles. The van der Waals surface area contributed by atoms with Gasteiger partial charge in [-0.25, -0.2) is 4.99 Å². The van der Waals surface area contributed by atoms with E-state index < -0.39 is 0 Å². The summed E-state index contributed by atoms with van der Waals surface area (Å²) in [6.45, 7) is 0. The minimum atomic E-state index is -0.0904. The summed E-state index contributed by atoms with van der Waals surface area (Å²) in [4.78, 5) is 4.15. The third kappa shape index (κ3) is 4.86. The number of nitrogens with zero attached hydrogens (tertiary/aromatic N) is 3. The maximum atomic E-state index is 9.66. The molecule has 6 nitrogen and oxygen atoms in total. The van der Waals surface area contributed by atoms with Crippen molar-refractivity contribution in [2.24, 2.45) is 15.2 Å². The van der Waals surface area contributed by atoms with Gasteiger partial charge in [0.1, 0.15) is 17.2 Å². The van der Waals surface area contributed by atoms with Crippen LogP contribution in [0.2, 0.25) is 0 Å². The third-order valence-corrected chi connectivity index (χ3v) is 3.34. The highest BCUT2D eigenvalue weighted by atomic mass is 32.2. The molecule has 0 saturated carbocycles. The molecule has 0 aliphatic heterocycles. The molecule has 0 unspecified atom stereocenters. The molecule has 0 aliphatic rings. The number of benzene rings is 2. The van der Waals surface area contributed by atoms with Gasteiger partial charge < -0.3 is 15.3 Å². The van der Waals surface area contributed by atoms with Crippen molar-refractivity contribution in [3.05, 3.63) is 53.6 Å². The molecule has 0 spiro atoms. The number of phenolic OH excluding ortho intramolecular Hbond substituents is 3. The van der Waals surface area contributed by atoms with Crippen molar-refractivity contribution >= 4 is 29.4 Å². The number of phenols is 3. The average molecular weight is 329 g/mol. The SMILES string of the molecule is CSC(/N=C/c1ccccc1O)=N/N=C/c1ccc(O)cc1O. The molecule has 7 heteroatoms. The van der Waals surface area contributed by atoms with Crippen LogP contribution < -0.4 is 0 Å². The predicted molar refractivity (Wildman–Crippen MR) is 94.0 cm³/mol. The van der Waals surface area contributed by atoms with Crippen LogP contribution >= 0.6 is 11.8 Å². The van der Waals surface area contributed by atoms with E-state index >= 15 is 0 Å². The second-order valence-corrected chi connectivity index (χ2v) is 5.16. The van der Waals surface area contributed by atoms with Gasteiger partial charge in [-0.3, -0.25) is 0 Å². The molecule has 0 amide bonds. The predicted octanol–water partition coefficient (Wildman–Crippen LogP) is 2.98. The molecule has 0 heterocycles. The van der Waals surface area contributed by atoms with E-state index in [-0.39, 0.29) is 17.2 Å². The third-order valence-electron chi connectivity index (χ3n) is 2.79. The Balaban J connectivity index is 2.12. The Morgan fingerprint density at radius 2 is 1.70 bits per heavy atom. The molecule has 0 saturated heterocycles. The van der Waals surface area contributed by atoms with E-state index in [1.807, 2.05) is 0 Å². The van der Waals surface area contributed by atoms with E-state index in [1.54, 1.807) is 30.5 Å². The Bertz CT molecular complexity index is 773. The van der Waals surface area contributed by atoms with E-state index in [9.17, 15) is 15.3 Å². The maximum absolute atomic E-state index is 9.66. The average Bonchev–Trinajstić information content (AvgIpc) is 2.54. The maximum Gasteiger partial charge on any atom is 0.208 e. The second-order valence-electron chi connectivity index (χ2n) is 4.39. The highest BCUT2D eigenvalue weighted by Crippen LogP contribution is 2.20. The van der Waals surface area contributed by atoms with E-state index in [4.69, 9.17) is 0 Å². The molecule has 0 aliphatic carbocycles. The van der Waals surface area contributed by atoms with Crippen molar-refractivity contribution in [1.29, 1.82) is 0 Å². The van der Waals surface area contributed by atoms with Crippen LogP contribution in [0.3, 0.4) is 0 Å². The second kappa shape index (κ2) is 8.00. The lowest BCUT2D eigenvalue weighted by molar-refractivity contribution is 0.450. The van der Waals surface area contributed by atoms with E-state index in [1.165, 1.54) is 42.4 Å². The Morgan fingerprint density at radius 3 is 2.39 bits per heavy atom. The van der Waals surface area contributed by atoms with E-state index in [0.717, 1.165) is 0 Å². The largest absolute Gasteiger partial charge is 0.508 e. The van der Waals surface area contributed by atoms with Crippen LogP contribution in [-0.4, -0.2) is 39.2 Å². The van der Waals surface area contributed by atoms with Crippen molar-refractivity contribution in [1.82, 2.24) is 0 Å². The zero-order valence-electron chi connectivity index (χ0n) is 12.3. The van der Waals surface area contributed by atoms with Gasteiger partial charge in [0.2, 0.25) is 5.17 Å². The number of aliphatic imine (C=N–C) groups is 1. The fraction of sp³-hybridized carbons (Fsp3) is 0.0625. The highest BCUT2D eigenvalue weighted by Gasteiger charge is 1.99. The summed E-state index contributed by atoms with van der Waals surface area (Å²) in [5.74, 6) is 0.0156. The molecule has 23 heavy (non-hydrogen) atoms. The lowest BCUT2D eigenvalue weighted by Gasteiger charge is -1.98. The Hall–Kier alpha value is -2.80. The summed E-state index contributed by atoms with van der Waals surface area (Å²) in [6.07, 6.45) is 4.66. The van der Waals surface area contributed by atoms with Gasteiger partial charge in [-0.15, -0.1) is 5.10 Å². The molecular weight excluding hydrogens is 314 g/mol. The van der Waals surface area contributed by atoms with Crippen LogP contribution in [-0.2, 0) is 0 Å². The fourth-order valence-electron chi connectivity index (χ4n) is 1.62. The quantitative estimate of drug-likeness (QED) is 0.458. The number of amidine groups is 1. The van der Waals surface area contributed by atoms with Gasteiger partial charge in [-0.2, -0.15) is 5.10 Å². The van der Waals surface area contributed by atoms with Crippen molar-refractivity contribution in [2.75, 3.05) is 6.26 Å². The van der Waals surface area contributed by atoms with Crippen molar-refractivity contribution in [3.8, 4) is 17.2 Å². The molecule has 0 aromatic heterocycles. The number of aromatic hydroxyl groups is 3. The molecule has 0 atom stereocenters. The molecule has 2 aromatic rings. The fourth-order valence-corrected chi connectivity index (χ4v) is 1.91. The van der Waals surface area contributed by atoms with Gasteiger partial charge in [0.15, 0.2) is 0 Å². The first kappa shape index (κ1) is 16.6. The van der Waals surface area contributed by atoms with Crippen LogP contribution in [0.15, 0.2) is 57.7 Å². The van der Waals surface area contributed by atoms with Crippen molar-refractivity contribution in [3.63, 3.8) is 0 Å². The molecule has 3 N–H and O–H groups in total. The van der Waals surface area contributed by atoms with Gasteiger partial charge in [0.25, 0.3) is 0 Å². The topological polar surface area (TPSA) is 97.8 Å². The smallest absolute Gasteiger partial charge is 0.208 e. The highest BCUT2D eigenvalue weighted by molar-refractivity contribution is 8.13. The van der Waals surface area contributed by atoms with E-state index in [0.29, 0.717) is 16.3 Å². The first-order valence-electron chi connectivity index (χ1n) is 6.59. The zero-order chi connectivity index (χ0) is 16.7. The number of rotatable bonds is 3. The van der Waals surface area contributed by atoms with E-state index in [2.05, 4.69) is 15.2 Å². The summed E-state index contributed by atoms with van der Waals surface area (Å²) in [6, 6.07) is 11.0. The molecule has 0 radical (unpaired) electrons. The van der Waals surface area contributed by atoms with Crippen LogP contribution in [0.4, 0.5) is 0 Å². The number of hydrogen-bond acceptors (Lipinski definition) is 6. The van der Waals surface area contributed by atoms with Crippen molar-refractivity contribution in [2.45, 2.75) is 0 Å². The minimum Gasteiger partial charge on any atom is -0.508 e. The molecule has 0 fully saturated rings. The van der Waals surface area contributed by atoms with Gasteiger partial charge in [-0.1, -0.05) is 23.9 Å². The monoisotopic (exact) mass is 329 g/mol. The van der Waals surface area contributed by atoms with Crippen LogP contribution in [0.25, 0.3) is 0 Å². The molecule has 2 rings (SSSR count). The van der Waals surface area contributed by atoms with Gasteiger partial charge in [0.05, 0.1) is 6.21 Å². The summed E-state index contributed by atoms with van der Waals surface area (Å²) >= 11 is 1.29. The van der Waals surface area contributed by atoms with Crippen LogP contribution in [0.5, 0.6) is 17.2 Å². The summed E-state index contributed by atoms with van der Waals surface area (Å²) < 4.78 is 0.